The summed E-state index contributed by atoms with van der Waals surface area (Å²) < 4.78 is 10.6. The van der Waals surface area contributed by atoms with E-state index in [4.69, 9.17) is 9.79 Å². The molecule has 0 unspecified atom stereocenters. The van der Waals surface area contributed by atoms with Crippen molar-refractivity contribution in [1.29, 1.82) is 0 Å². The Kier molecular flexibility index (Phi) is 12.9. The van der Waals surface area contributed by atoms with Crippen LogP contribution in [0.5, 0.6) is 0 Å². The molecule has 0 spiro atoms. The van der Waals surface area contributed by atoms with E-state index in [9.17, 15) is 9.36 Å². The minimum absolute atomic E-state index is 0.0206. The molecule has 0 amide bonds. The van der Waals surface area contributed by atoms with Crippen molar-refractivity contribution in [3.63, 3.8) is 0 Å². The molecule has 0 atom stereocenters. The Morgan fingerprint density at radius 1 is 1.05 bits per heavy atom. The highest BCUT2D eigenvalue weighted by molar-refractivity contribution is 8.13. The Hall–Kier alpha value is 0.130. The average molecular weight is 325 g/mol. The lowest BCUT2D eigenvalue weighted by Gasteiger charge is -2.05. The number of carbonyl (C=O) groups excluding carboxylic acids is 1. The fourth-order valence-corrected chi connectivity index (χ4v) is 2.96. The lowest BCUT2D eigenvalue weighted by Crippen LogP contribution is -2.22. The van der Waals surface area contributed by atoms with E-state index in [1.54, 1.807) is 0 Å². The Morgan fingerprint density at radius 3 is 2.15 bits per heavy atom. The smallest absolute Gasteiger partial charge is 0.324 e. The molecule has 0 radical (unpaired) electrons. The van der Waals surface area contributed by atoms with Crippen LogP contribution < -0.4 is 5.32 Å². The lowest BCUT2D eigenvalue weighted by molar-refractivity contribution is -0.110. The molecular weight excluding hydrogens is 297 g/mol. The van der Waals surface area contributed by atoms with Gasteiger partial charge in [-0.1, -0.05) is 63.6 Å². The van der Waals surface area contributed by atoms with Crippen molar-refractivity contribution in [1.82, 2.24) is 5.32 Å². The molecule has 0 aliphatic rings. The second-order valence-corrected chi connectivity index (χ2v) is 7.74. The third-order valence-electron chi connectivity index (χ3n) is 2.85. The Morgan fingerprint density at radius 2 is 1.60 bits per heavy atom. The molecule has 120 valence electrons. The van der Waals surface area contributed by atoms with Gasteiger partial charge in [-0.15, -0.1) is 0 Å². The van der Waals surface area contributed by atoms with Gasteiger partial charge in [-0.2, -0.15) is 0 Å². The van der Waals surface area contributed by atoms with Gasteiger partial charge in [-0.05, 0) is 6.42 Å². The fraction of sp³-hybridized carbons (Fsp3) is 0.923. The number of carbonyl (C=O) groups is 1. The number of unbranched alkanes of at least 4 members (excludes halogenated alkanes) is 7. The third-order valence-corrected chi connectivity index (χ3v) is 4.44. The highest BCUT2D eigenvalue weighted by Crippen LogP contribution is 2.31. The van der Waals surface area contributed by atoms with E-state index >= 15 is 0 Å². The molecule has 20 heavy (non-hydrogen) atoms. The summed E-state index contributed by atoms with van der Waals surface area (Å²) in [6.07, 6.45) is 9.50. The Balaban J connectivity index is 3.25. The van der Waals surface area contributed by atoms with E-state index < -0.39 is 13.9 Å². The molecule has 5 nitrogen and oxygen atoms in total. The Bertz CT molecular complexity index is 296. The van der Waals surface area contributed by atoms with Crippen molar-refractivity contribution in [2.45, 2.75) is 58.3 Å². The van der Waals surface area contributed by atoms with Gasteiger partial charge in [0.15, 0.2) is 0 Å². The summed E-state index contributed by atoms with van der Waals surface area (Å²) in [6.45, 7) is 2.23. The zero-order valence-corrected chi connectivity index (χ0v) is 14.1. The summed E-state index contributed by atoms with van der Waals surface area (Å²) in [5.74, 6) is 0.797. The van der Waals surface area contributed by atoms with Crippen LogP contribution in [0.3, 0.4) is 0 Å². The number of hydrogen-bond acceptors (Lipinski definition) is 4. The Labute approximate surface area is 126 Å². The largest absolute Gasteiger partial charge is 0.339 e. The molecule has 0 fully saturated rings. The fourth-order valence-electron chi connectivity index (χ4n) is 1.78. The predicted molar refractivity (Wildman–Crippen MR) is 85.0 cm³/mol. The summed E-state index contributed by atoms with van der Waals surface area (Å²) in [7, 11) is -4.05. The maximum absolute atomic E-state index is 11.4. The molecule has 0 bridgehead atoms. The van der Waals surface area contributed by atoms with Crippen LogP contribution in [-0.2, 0) is 9.36 Å². The first-order chi connectivity index (χ1) is 9.45. The average Bonchev–Trinajstić information content (AvgIpc) is 2.35. The van der Waals surface area contributed by atoms with Crippen LogP contribution in [-0.4, -0.2) is 33.5 Å². The van der Waals surface area contributed by atoms with Gasteiger partial charge >= 0.3 is 7.60 Å². The van der Waals surface area contributed by atoms with Gasteiger partial charge in [0.1, 0.15) is 0 Å². The topological polar surface area (TPSA) is 86.6 Å². The summed E-state index contributed by atoms with van der Waals surface area (Å²) >= 11 is 1.24. The maximum atomic E-state index is 11.4. The van der Waals surface area contributed by atoms with Crippen molar-refractivity contribution in [3.8, 4) is 0 Å². The standard InChI is InChI=1S/C13H28NO4PS/c1-2-3-4-5-6-7-8-9-10-20-13(15)11-14-12-19(16,17)18/h14H,2-12H2,1H3,(H2,16,17,18). The van der Waals surface area contributed by atoms with Gasteiger partial charge in [0.25, 0.3) is 0 Å². The quantitative estimate of drug-likeness (QED) is 0.356. The van der Waals surface area contributed by atoms with E-state index in [2.05, 4.69) is 12.2 Å². The van der Waals surface area contributed by atoms with Gasteiger partial charge in [0, 0.05) is 5.75 Å². The van der Waals surface area contributed by atoms with E-state index in [0.717, 1.165) is 18.6 Å². The molecular formula is C13H28NO4PS. The number of rotatable bonds is 13. The molecule has 0 heterocycles. The zero-order chi connectivity index (χ0) is 15.3. The summed E-state index contributed by atoms with van der Waals surface area (Å²) in [6, 6.07) is 0. The molecule has 3 N–H and O–H groups in total. The summed E-state index contributed by atoms with van der Waals surface area (Å²) in [4.78, 5) is 28.6. The van der Waals surface area contributed by atoms with Crippen molar-refractivity contribution >= 4 is 24.5 Å². The van der Waals surface area contributed by atoms with Gasteiger partial charge < -0.3 is 9.79 Å². The van der Waals surface area contributed by atoms with E-state index in [1.165, 1.54) is 50.3 Å². The van der Waals surface area contributed by atoms with Crippen molar-refractivity contribution in [2.24, 2.45) is 0 Å². The van der Waals surface area contributed by atoms with Crippen molar-refractivity contribution in [2.75, 3.05) is 18.6 Å². The van der Waals surface area contributed by atoms with E-state index in [-0.39, 0.29) is 11.7 Å². The first-order valence-corrected chi connectivity index (χ1v) is 10.1. The second kappa shape index (κ2) is 12.8. The minimum atomic E-state index is -4.05. The number of nitrogens with one attached hydrogen (secondary N) is 1. The predicted octanol–water partition coefficient (Wildman–Crippen LogP) is 3.11. The second-order valence-electron chi connectivity index (χ2n) is 4.94. The molecule has 0 saturated heterocycles. The minimum Gasteiger partial charge on any atom is -0.324 e. The monoisotopic (exact) mass is 325 g/mol. The van der Waals surface area contributed by atoms with Gasteiger partial charge in [-0.3, -0.25) is 14.7 Å². The molecule has 0 saturated carbocycles. The normalized spacial score (nSPS) is 11.8. The van der Waals surface area contributed by atoms with Crippen LogP contribution in [0.1, 0.15) is 58.3 Å². The number of thioether (sulfide) groups is 1. The zero-order valence-electron chi connectivity index (χ0n) is 12.3. The highest BCUT2D eigenvalue weighted by Gasteiger charge is 2.12. The van der Waals surface area contributed by atoms with Gasteiger partial charge in [0.2, 0.25) is 5.12 Å². The summed E-state index contributed by atoms with van der Waals surface area (Å²) in [5, 5.41) is 2.42. The van der Waals surface area contributed by atoms with Crippen LogP contribution in [0.25, 0.3) is 0 Å². The van der Waals surface area contributed by atoms with Crippen molar-refractivity contribution < 1.29 is 19.1 Å². The van der Waals surface area contributed by atoms with Gasteiger partial charge in [-0.25, -0.2) is 0 Å². The first kappa shape index (κ1) is 20.1. The van der Waals surface area contributed by atoms with Crippen LogP contribution in [0.4, 0.5) is 0 Å². The lowest BCUT2D eigenvalue weighted by atomic mass is 10.1. The molecule has 0 aromatic rings. The number of hydrogen-bond donors (Lipinski definition) is 3. The van der Waals surface area contributed by atoms with E-state index in [0.29, 0.717) is 0 Å². The molecule has 0 rings (SSSR count). The highest BCUT2D eigenvalue weighted by atomic mass is 32.2. The SMILES string of the molecule is CCCCCCCCCCSC(=O)CNCP(=O)(O)O. The van der Waals surface area contributed by atoms with Crippen LogP contribution in [0.2, 0.25) is 0 Å². The van der Waals surface area contributed by atoms with Crippen LogP contribution in [0.15, 0.2) is 0 Å². The third kappa shape index (κ3) is 16.2. The van der Waals surface area contributed by atoms with Crippen LogP contribution >= 0.6 is 19.4 Å². The van der Waals surface area contributed by atoms with E-state index in [1.807, 2.05) is 0 Å². The molecule has 7 heteroatoms. The van der Waals surface area contributed by atoms with Crippen molar-refractivity contribution in [3.05, 3.63) is 0 Å². The molecule has 0 aromatic carbocycles. The molecule has 0 aromatic heterocycles. The van der Waals surface area contributed by atoms with Gasteiger partial charge in [0.05, 0.1) is 12.8 Å². The van der Waals surface area contributed by atoms with Crippen LogP contribution in [0, 0.1) is 0 Å². The maximum Gasteiger partial charge on any atom is 0.339 e. The molecule has 0 aliphatic carbocycles. The molecule has 0 aliphatic heterocycles. The summed E-state index contributed by atoms with van der Waals surface area (Å²) in [5.41, 5.74) is 0. The first-order valence-electron chi connectivity index (χ1n) is 7.36.